The van der Waals surface area contributed by atoms with Gasteiger partial charge >= 0.3 is 0 Å². The minimum atomic E-state index is -1.30. The Morgan fingerprint density at radius 2 is 2.38 bits per heavy atom. The fraction of sp³-hybridized carbons (Fsp3) is 0.583. The topological polar surface area (TPSA) is 131 Å². The van der Waals surface area contributed by atoms with Gasteiger partial charge in [-0.25, -0.2) is 4.98 Å². The van der Waals surface area contributed by atoms with E-state index in [-0.39, 0.29) is 32.0 Å². The Hall–Kier alpha value is -1.97. The van der Waals surface area contributed by atoms with Gasteiger partial charge in [0.2, 0.25) is 11.7 Å². The highest BCUT2D eigenvalue weighted by molar-refractivity contribution is 5.91. The molecule has 0 spiro atoms. The van der Waals surface area contributed by atoms with Gasteiger partial charge in [0.15, 0.2) is 6.39 Å². The molecule has 9 nitrogen and oxygen atoms in total. The molecule has 1 aliphatic heterocycles. The minimum Gasteiger partial charge on any atom is -0.438 e. The van der Waals surface area contributed by atoms with E-state index in [9.17, 15) is 14.7 Å². The van der Waals surface area contributed by atoms with E-state index in [1.165, 1.54) is 6.20 Å². The second-order valence-electron chi connectivity index (χ2n) is 5.00. The highest BCUT2D eigenvalue weighted by atomic mass is 16.5. The zero-order valence-corrected chi connectivity index (χ0v) is 11.4. The molecular weight excluding hydrogens is 280 g/mol. The molecule has 1 aromatic heterocycles. The second-order valence-corrected chi connectivity index (χ2v) is 5.00. The van der Waals surface area contributed by atoms with Gasteiger partial charge in [0, 0.05) is 13.1 Å². The Kier molecular flexibility index (Phi) is 4.89. The number of ether oxygens (including phenoxy) is 1. The first-order chi connectivity index (χ1) is 9.98. The number of primary amides is 1. The first kappa shape index (κ1) is 15.4. The summed E-state index contributed by atoms with van der Waals surface area (Å²) in [5.41, 5.74) is 3.85. The molecular formula is C12H18N4O5. The third-order valence-electron chi connectivity index (χ3n) is 3.05. The van der Waals surface area contributed by atoms with Crippen LogP contribution in [0, 0.1) is 0 Å². The Bertz CT molecular complexity index is 492. The van der Waals surface area contributed by atoms with Crippen LogP contribution in [0.25, 0.3) is 0 Å². The van der Waals surface area contributed by atoms with E-state index in [0.717, 1.165) is 6.39 Å². The summed E-state index contributed by atoms with van der Waals surface area (Å²) in [6.07, 6.45) is 2.43. The minimum absolute atomic E-state index is 0.0295. The van der Waals surface area contributed by atoms with Gasteiger partial charge in [-0.2, -0.15) is 0 Å². The molecule has 0 saturated carbocycles. The van der Waals surface area contributed by atoms with E-state index in [4.69, 9.17) is 14.9 Å². The summed E-state index contributed by atoms with van der Waals surface area (Å²) in [5.74, 6) is -0.904. The van der Waals surface area contributed by atoms with Crippen LogP contribution in [0.2, 0.25) is 0 Å². The number of carbonyl (C=O) groups excluding carboxylic acids is 2. The molecule has 1 saturated heterocycles. The Balaban J connectivity index is 1.92. The summed E-state index contributed by atoms with van der Waals surface area (Å²) in [4.78, 5) is 28.1. The third kappa shape index (κ3) is 4.52. The predicted molar refractivity (Wildman–Crippen MR) is 70.2 cm³/mol. The summed E-state index contributed by atoms with van der Waals surface area (Å²) in [6, 6.07) is 0. The van der Waals surface area contributed by atoms with Crippen LogP contribution in [0.5, 0.6) is 0 Å². The number of hydrogen-bond donors (Lipinski definition) is 3. The van der Waals surface area contributed by atoms with Crippen LogP contribution >= 0.6 is 0 Å². The first-order valence-electron chi connectivity index (χ1n) is 6.46. The number of hydrogen-bond acceptors (Lipinski definition) is 7. The van der Waals surface area contributed by atoms with Crippen molar-refractivity contribution in [3.05, 3.63) is 18.4 Å². The SMILES string of the molecule is NC(=O)CN1CCOC[C@@](O)(CNC(=O)c2cnco2)C1. The monoisotopic (exact) mass is 298 g/mol. The first-order valence-corrected chi connectivity index (χ1v) is 6.46. The number of amides is 2. The van der Waals surface area contributed by atoms with Crippen LogP contribution in [0.1, 0.15) is 10.6 Å². The molecule has 116 valence electrons. The molecule has 1 fully saturated rings. The molecule has 1 aliphatic rings. The molecule has 0 aliphatic carbocycles. The zero-order chi connectivity index (χ0) is 15.3. The molecule has 2 rings (SSSR count). The fourth-order valence-corrected chi connectivity index (χ4v) is 2.12. The van der Waals surface area contributed by atoms with E-state index in [2.05, 4.69) is 10.3 Å². The molecule has 9 heteroatoms. The van der Waals surface area contributed by atoms with E-state index in [1.807, 2.05) is 0 Å². The number of nitrogens with one attached hydrogen (secondary N) is 1. The number of aromatic nitrogens is 1. The average Bonchev–Trinajstić information content (AvgIpc) is 2.88. The van der Waals surface area contributed by atoms with Crippen LogP contribution in [-0.4, -0.2) is 71.8 Å². The Labute approximate surface area is 121 Å². The maximum Gasteiger partial charge on any atom is 0.288 e. The third-order valence-corrected chi connectivity index (χ3v) is 3.05. The van der Waals surface area contributed by atoms with Crippen LogP contribution in [0.3, 0.4) is 0 Å². The summed E-state index contributed by atoms with van der Waals surface area (Å²) >= 11 is 0. The predicted octanol–water partition coefficient (Wildman–Crippen LogP) is -2.05. The summed E-state index contributed by atoms with van der Waals surface area (Å²) in [6.45, 7) is 1.09. The number of oxazole rings is 1. The standard InChI is InChI=1S/C12H18N4O5/c13-10(17)4-16-1-2-20-7-12(19,6-16)5-15-11(18)9-3-14-8-21-9/h3,8,19H,1-2,4-7H2,(H2,13,17)(H,15,18)/t12-/m1/s1. The number of nitrogens with two attached hydrogens (primary N) is 1. The highest BCUT2D eigenvalue weighted by Crippen LogP contribution is 2.12. The van der Waals surface area contributed by atoms with Crippen LogP contribution in [-0.2, 0) is 9.53 Å². The van der Waals surface area contributed by atoms with Crippen molar-refractivity contribution in [2.75, 3.05) is 39.4 Å². The lowest BCUT2D eigenvalue weighted by Crippen LogP contribution is -2.53. The number of β-amino-alcohol motifs (C(OH)–C–C–N with tert-alkyl or cyclic N) is 1. The van der Waals surface area contributed by atoms with Gasteiger partial charge in [0.1, 0.15) is 5.60 Å². The lowest BCUT2D eigenvalue weighted by atomic mass is 10.0. The quantitative estimate of drug-likeness (QED) is 0.570. The second kappa shape index (κ2) is 6.66. The number of aliphatic hydroxyl groups is 1. The van der Waals surface area contributed by atoms with Gasteiger partial charge in [-0.3, -0.25) is 14.5 Å². The van der Waals surface area contributed by atoms with Crippen molar-refractivity contribution in [2.24, 2.45) is 5.73 Å². The van der Waals surface area contributed by atoms with Gasteiger partial charge in [-0.1, -0.05) is 0 Å². The van der Waals surface area contributed by atoms with E-state index in [1.54, 1.807) is 4.90 Å². The molecule has 21 heavy (non-hydrogen) atoms. The maximum atomic E-state index is 11.8. The van der Waals surface area contributed by atoms with E-state index >= 15 is 0 Å². The summed E-state index contributed by atoms with van der Waals surface area (Å²) in [7, 11) is 0. The van der Waals surface area contributed by atoms with E-state index < -0.39 is 17.4 Å². The van der Waals surface area contributed by atoms with E-state index in [0.29, 0.717) is 13.2 Å². The van der Waals surface area contributed by atoms with Gasteiger partial charge in [-0.05, 0) is 0 Å². The largest absolute Gasteiger partial charge is 0.438 e. The molecule has 0 bridgehead atoms. The van der Waals surface area contributed by atoms with Crippen LogP contribution in [0.4, 0.5) is 0 Å². The molecule has 0 unspecified atom stereocenters. The van der Waals surface area contributed by atoms with Crippen molar-refractivity contribution in [1.82, 2.24) is 15.2 Å². The molecule has 4 N–H and O–H groups in total. The maximum absolute atomic E-state index is 11.8. The number of nitrogens with zero attached hydrogens (tertiary/aromatic N) is 2. The molecule has 0 aromatic carbocycles. The highest BCUT2D eigenvalue weighted by Gasteiger charge is 2.33. The van der Waals surface area contributed by atoms with Crippen LogP contribution in [0.15, 0.2) is 17.0 Å². The van der Waals surface area contributed by atoms with Crippen molar-refractivity contribution >= 4 is 11.8 Å². The number of rotatable bonds is 5. The molecule has 2 amide bonds. The van der Waals surface area contributed by atoms with Crippen molar-refractivity contribution < 1.29 is 23.8 Å². The normalized spacial score (nSPS) is 23.5. The smallest absolute Gasteiger partial charge is 0.288 e. The van der Waals surface area contributed by atoms with Crippen molar-refractivity contribution in [3.63, 3.8) is 0 Å². The van der Waals surface area contributed by atoms with Gasteiger partial charge < -0.3 is 25.3 Å². The van der Waals surface area contributed by atoms with Crippen molar-refractivity contribution in [1.29, 1.82) is 0 Å². The Morgan fingerprint density at radius 3 is 3.05 bits per heavy atom. The lowest BCUT2D eigenvalue weighted by molar-refractivity contribution is -0.119. The molecule has 1 aromatic rings. The fourth-order valence-electron chi connectivity index (χ4n) is 2.12. The van der Waals surface area contributed by atoms with Gasteiger partial charge in [0.05, 0.1) is 32.5 Å². The zero-order valence-electron chi connectivity index (χ0n) is 11.4. The summed E-state index contributed by atoms with van der Waals surface area (Å²) < 4.78 is 10.2. The van der Waals surface area contributed by atoms with Crippen molar-refractivity contribution in [2.45, 2.75) is 5.60 Å². The molecule has 2 heterocycles. The van der Waals surface area contributed by atoms with Gasteiger partial charge in [0.25, 0.3) is 5.91 Å². The van der Waals surface area contributed by atoms with Gasteiger partial charge in [-0.15, -0.1) is 0 Å². The molecule has 1 atom stereocenters. The Morgan fingerprint density at radius 1 is 1.57 bits per heavy atom. The lowest BCUT2D eigenvalue weighted by Gasteiger charge is -2.30. The average molecular weight is 298 g/mol. The number of carbonyl (C=O) groups is 2. The van der Waals surface area contributed by atoms with Crippen LogP contribution < -0.4 is 11.1 Å². The van der Waals surface area contributed by atoms with Crippen molar-refractivity contribution in [3.8, 4) is 0 Å². The molecule has 0 radical (unpaired) electrons. The summed E-state index contributed by atoms with van der Waals surface area (Å²) in [5, 5.41) is 13.1.